The Balaban J connectivity index is 1.75. The molecule has 0 unspecified atom stereocenters. The van der Waals surface area contributed by atoms with Crippen LogP contribution in [0.4, 0.5) is 0 Å². The largest absolute Gasteiger partial charge is 0.492 e. The monoisotopic (exact) mass is 468 g/mol. The van der Waals surface area contributed by atoms with E-state index >= 15 is 0 Å². The first kappa shape index (κ1) is 21.1. The second-order valence-electron chi connectivity index (χ2n) is 8.48. The van der Waals surface area contributed by atoms with Crippen LogP contribution in [0.3, 0.4) is 0 Å². The van der Waals surface area contributed by atoms with Crippen LogP contribution in [0.2, 0.25) is 0 Å². The van der Waals surface area contributed by atoms with Gasteiger partial charge in [-0.2, -0.15) is 0 Å². The zero-order valence-corrected chi connectivity index (χ0v) is 20.0. The molecule has 1 aliphatic carbocycles. The average Bonchev–Trinajstić information content (AvgIpc) is 3.03. The molecule has 158 valence electrons. The number of likely N-dealkylation sites (N-methyl/N-ethyl adjacent to an activating group) is 1. The summed E-state index contributed by atoms with van der Waals surface area (Å²) in [5.41, 5.74) is 4.46. The summed E-state index contributed by atoms with van der Waals surface area (Å²) in [6.07, 6.45) is 0. The first-order chi connectivity index (χ1) is 14.3. The van der Waals surface area contributed by atoms with Gasteiger partial charge in [0.1, 0.15) is 12.4 Å². The van der Waals surface area contributed by atoms with Gasteiger partial charge >= 0.3 is 0 Å². The number of carbonyl (C=O) groups excluding carboxylic acids is 1. The fourth-order valence-corrected chi connectivity index (χ4v) is 5.14. The second kappa shape index (κ2) is 7.86. The number of nitrogens with zero attached hydrogens (tertiary/aromatic N) is 2. The van der Waals surface area contributed by atoms with E-state index in [1.165, 1.54) is 0 Å². The molecule has 0 bridgehead atoms. The highest BCUT2D eigenvalue weighted by Gasteiger charge is 2.41. The lowest BCUT2D eigenvalue weighted by atomic mass is 9.71. The third-order valence-electron chi connectivity index (χ3n) is 6.46. The van der Waals surface area contributed by atoms with Crippen molar-refractivity contribution in [3.8, 4) is 5.75 Å². The molecule has 4 rings (SSSR count). The molecule has 0 spiro atoms. The van der Waals surface area contributed by atoms with Crippen LogP contribution in [0, 0.1) is 0 Å². The average molecular weight is 469 g/mol. The fourth-order valence-electron chi connectivity index (χ4n) is 4.79. The van der Waals surface area contributed by atoms with Gasteiger partial charge in [0.05, 0.1) is 5.56 Å². The van der Waals surface area contributed by atoms with Gasteiger partial charge in [-0.05, 0) is 49.0 Å². The standard InChI is InChI=1S/C25H29BrN2O2/c1-6-28(7-2)12-13-30-17-9-11-18-20(15-17)25(3,4)24-22(23(18)29)19-10-8-16(26)14-21(19)27(24)5/h8-11,14-15H,6-7,12-13H2,1-5H3. The normalized spacial score (nSPS) is 14.8. The van der Waals surface area contributed by atoms with Crippen LogP contribution in [-0.2, 0) is 12.5 Å². The van der Waals surface area contributed by atoms with E-state index in [9.17, 15) is 4.79 Å². The molecule has 0 saturated carbocycles. The molecule has 1 aliphatic rings. The lowest BCUT2D eigenvalue weighted by Crippen LogP contribution is -2.32. The van der Waals surface area contributed by atoms with E-state index in [2.05, 4.69) is 72.3 Å². The van der Waals surface area contributed by atoms with E-state index in [0.29, 0.717) is 6.61 Å². The number of benzene rings is 2. The molecule has 1 aromatic heterocycles. The summed E-state index contributed by atoms with van der Waals surface area (Å²) in [4.78, 5) is 15.9. The number of ether oxygens (including phenoxy) is 1. The lowest BCUT2D eigenvalue weighted by Gasteiger charge is -2.34. The van der Waals surface area contributed by atoms with Crippen molar-refractivity contribution in [2.45, 2.75) is 33.1 Å². The summed E-state index contributed by atoms with van der Waals surface area (Å²) >= 11 is 3.57. The number of aromatic nitrogens is 1. The summed E-state index contributed by atoms with van der Waals surface area (Å²) in [6, 6.07) is 12.1. The molecule has 0 fully saturated rings. The minimum Gasteiger partial charge on any atom is -0.492 e. The number of carbonyl (C=O) groups is 1. The van der Waals surface area contributed by atoms with Gasteiger partial charge in [-0.25, -0.2) is 0 Å². The number of halogens is 1. The Labute approximate surface area is 187 Å². The van der Waals surface area contributed by atoms with E-state index < -0.39 is 0 Å². The Hall–Kier alpha value is -2.11. The second-order valence-corrected chi connectivity index (χ2v) is 9.40. The predicted octanol–water partition coefficient (Wildman–Crippen LogP) is 5.53. The maximum Gasteiger partial charge on any atom is 0.195 e. The van der Waals surface area contributed by atoms with Crippen LogP contribution in [0.25, 0.3) is 10.9 Å². The number of hydrogen-bond acceptors (Lipinski definition) is 3. The molecule has 0 atom stereocenters. The number of hydrogen-bond donors (Lipinski definition) is 0. The quantitative estimate of drug-likeness (QED) is 0.476. The highest BCUT2D eigenvalue weighted by molar-refractivity contribution is 9.10. The molecule has 4 nitrogen and oxygen atoms in total. The number of fused-ring (bicyclic) bond motifs is 4. The summed E-state index contributed by atoms with van der Waals surface area (Å²) in [5.74, 6) is 0.925. The van der Waals surface area contributed by atoms with Crippen LogP contribution in [-0.4, -0.2) is 41.5 Å². The van der Waals surface area contributed by atoms with Crippen molar-refractivity contribution in [1.82, 2.24) is 9.47 Å². The molecule has 30 heavy (non-hydrogen) atoms. The molecule has 0 aliphatic heterocycles. The molecule has 3 aromatic rings. The molecule has 0 saturated heterocycles. The number of aryl methyl sites for hydroxylation is 1. The third-order valence-corrected chi connectivity index (χ3v) is 6.95. The van der Waals surface area contributed by atoms with E-state index in [0.717, 1.165) is 63.1 Å². The molecule has 0 N–H and O–H groups in total. The lowest BCUT2D eigenvalue weighted by molar-refractivity contribution is 0.103. The molecule has 0 amide bonds. The summed E-state index contributed by atoms with van der Waals surface area (Å²) in [5, 5.41) is 1.01. The van der Waals surface area contributed by atoms with Gasteiger partial charge in [0.15, 0.2) is 5.78 Å². The van der Waals surface area contributed by atoms with Crippen molar-refractivity contribution in [2.24, 2.45) is 7.05 Å². The molecule has 1 heterocycles. The maximum absolute atomic E-state index is 13.5. The molecule has 2 aromatic carbocycles. The van der Waals surface area contributed by atoms with E-state index in [4.69, 9.17) is 4.74 Å². The van der Waals surface area contributed by atoms with Gasteiger partial charge in [0, 0.05) is 45.6 Å². The smallest absolute Gasteiger partial charge is 0.195 e. The Bertz CT molecular complexity index is 1130. The SMILES string of the molecule is CCN(CC)CCOc1ccc2c(c1)C(C)(C)c1c(c3ccc(Br)cc3n1C)C2=O. The first-order valence-corrected chi connectivity index (χ1v) is 11.4. The van der Waals surface area contributed by atoms with Crippen molar-refractivity contribution in [3.63, 3.8) is 0 Å². The van der Waals surface area contributed by atoms with Crippen LogP contribution >= 0.6 is 15.9 Å². The maximum atomic E-state index is 13.5. The zero-order chi connectivity index (χ0) is 21.6. The van der Waals surface area contributed by atoms with Crippen molar-refractivity contribution in [3.05, 3.63) is 63.3 Å². The Morgan fingerprint density at radius 1 is 1.10 bits per heavy atom. The molecular formula is C25H29BrN2O2. The first-order valence-electron chi connectivity index (χ1n) is 10.6. The molecule has 0 radical (unpaired) electrons. The fraction of sp³-hybridized carbons (Fsp3) is 0.400. The minimum atomic E-state index is -0.308. The summed E-state index contributed by atoms with van der Waals surface area (Å²) in [6.45, 7) is 12.3. The van der Waals surface area contributed by atoms with E-state index in [-0.39, 0.29) is 11.2 Å². The Morgan fingerprint density at radius 2 is 1.83 bits per heavy atom. The zero-order valence-electron chi connectivity index (χ0n) is 18.4. The van der Waals surface area contributed by atoms with Gasteiger partial charge in [0.2, 0.25) is 0 Å². The highest BCUT2D eigenvalue weighted by atomic mass is 79.9. The van der Waals surface area contributed by atoms with E-state index in [1.54, 1.807) is 0 Å². The van der Waals surface area contributed by atoms with Gasteiger partial charge in [-0.15, -0.1) is 0 Å². The van der Waals surface area contributed by atoms with Gasteiger partial charge in [0.25, 0.3) is 0 Å². The number of rotatable bonds is 6. The van der Waals surface area contributed by atoms with Crippen molar-refractivity contribution in [1.29, 1.82) is 0 Å². The number of ketones is 1. The van der Waals surface area contributed by atoms with Crippen LogP contribution in [0.5, 0.6) is 5.75 Å². The topological polar surface area (TPSA) is 34.5 Å². The molecule has 5 heteroatoms. The predicted molar refractivity (Wildman–Crippen MR) is 126 cm³/mol. The van der Waals surface area contributed by atoms with Gasteiger partial charge in [-0.3, -0.25) is 4.79 Å². The van der Waals surface area contributed by atoms with Crippen molar-refractivity contribution >= 4 is 32.6 Å². The van der Waals surface area contributed by atoms with Crippen LogP contribution in [0.1, 0.15) is 54.9 Å². The van der Waals surface area contributed by atoms with Crippen LogP contribution in [0.15, 0.2) is 40.9 Å². The van der Waals surface area contributed by atoms with Crippen molar-refractivity contribution < 1.29 is 9.53 Å². The van der Waals surface area contributed by atoms with E-state index in [1.807, 2.05) is 24.3 Å². The third kappa shape index (κ3) is 3.28. The summed E-state index contributed by atoms with van der Waals surface area (Å²) in [7, 11) is 2.05. The van der Waals surface area contributed by atoms with Gasteiger partial charge < -0.3 is 14.2 Å². The van der Waals surface area contributed by atoms with Gasteiger partial charge in [-0.1, -0.05) is 49.7 Å². The Kier molecular flexibility index (Phi) is 5.54. The highest BCUT2D eigenvalue weighted by Crippen LogP contribution is 2.46. The molecular weight excluding hydrogens is 440 g/mol. The minimum absolute atomic E-state index is 0.0990. The van der Waals surface area contributed by atoms with Crippen molar-refractivity contribution in [2.75, 3.05) is 26.2 Å². The van der Waals surface area contributed by atoms with Crippen LogP contribution < -0.4 is 4.74 Å². The summed E-state index contributed by atoms with van der Waals surface area (Å²) < 4.78 is 9.25. The Morgan fingerprint density at radius 3 is 2.53 bits per heavy atom.